The molecule has 0 saturated heterocycles. The number of aromatic amines is 1. The first-order valence-electron chi connectivity index (χ1n) is 7.24. The minimum Gasteiger partial charge on any atom is -0.497 e. The van der Waals surface area contributed by atoms with Gasteiger partial charge in [-0.25, -0.2) is 0 Å². The summed E-state index contributed by atoms with van der Waals surface area (Å²) in [5, 5.41) is 7.13. The second kappa shape index (κ2) is 4.90. The SMILES string of the molecule is COc1ccc2[nH]c3c(c2c1)CCNC3c1sccc1C. The van der Waals surface area contributed by atoms with Gasteiger partial charge >= 0.3 is 0 Å². The Morgan fingerprint density at radius 3 is 2.95 bits per heavy atom. The van der Waals surface area contributed by atoms with Crippen molar-refractivity contribution in [3.63, 3.8) is 0 Å². The van der Waals surface area contributed by atoms with Crippen LogP contribution >= 0.6 is 11.3 Å². The van der Waals surface area contributed by atoms with Gasteiger partial charge in [-0.15, -0.1) is 11.3 Å². The number of thiophene rings is 1. The topological polar surface area (TPSA) is 37.0 Å². The average molecular weight is 298 g/mol. The van der Waals surface area contributed by atoms with Gasteiger partial charge in [0.2, 0.25) is 0 Å². The Kier molecular flexibility index (Phi) is 3.01. The van der Waals surface area contributed by atoms with Gasteiger partial charge in [-0.05, 0) is 54.1 Å². The smallest absolute Gasteiger partial charge is 0.119 e. The number of fused-ring (bicyclic) bond motifs is 3. The predicted octanol–water partition coefficient (Wildman–Crippen LogP) is 3.78. The molecule has 3 nitrogen and oxygen atoms in total. The van der Waals surface area contributed by atoms with Crippen molar-refractivity contribution < 1.29 is 4.74 Å². The summed E-state index contributed by atoms with van der Waals surface area (Å²) in [4.78, 5) is 5.03. The maximum atomic E-state index is 5.37. The van der Waals surface area contributed by atoms with Crippen LogP contribution in [0.4, 0.5) is 0 Å². The molecule has 2 aromatic heterocycles. The zero-order chi connectivity index (χ0) is 14.4. The van der Waals surface area contributed by atoms with Crippen LogP contribution in [0, 0.1) is 6.92 Å². The van der Waals surface area contributed by atoms with Crippen LogP contribution in [0.1, 0.15) is 27.7 Å². The lowest BCUT2D eigenvalue weighted by atomic mass is 9.97. The fraction of sp³-hybridized carbons (Fsp3) is 0.294. The fourth-order valence-corrected chi connectivity index (χ4v) is 4.25. The van der Waals surface area contributed by atoms with Crippen LogP contribution in [0.25, 0.3) is 10.9 Å². The molecule has 4 heteroatoms. The molecule has 0 amide bonds. The number of nitrogens with one attached hydrogen (secondary N) is 2. The lowest BCUT2D eigenvalue weighted by Crippen LogP contribution is -2.30. The molecule has 0 saturated carbocycles. The molecule has 0 spiro atoms. The first kappa shape index (κ1) is 12.9. The third-order valence-corrected chi connectivity index (χ3v) is 5.41. The van der Waals surface area contributed by atoms with Gasteiger partial charge in [-0.1, -0.05) is 0 Å². The summed E-state index contributed by atoms with van der Waals surface area (Å²) >= 11 is 1.83. The molecule has 21 heavy (non-hydrogen) atoms. The molecule has 1 unspecified atom stereocenters. The van der Waals surface area contributed by atoms with Gasteiger partial charge in [0.1, 0.15) is 5.75 Å². The van der Waals surface area contributed by atoms with E-state index in [1.54, 1.807) is 7.11 Å². The second-order valence-corrected chi connectivity index (χ2v) is 6.48. The Bertz CT molecular complexity index is 802. The van der Waals surface area contributed by atoms with Gasteiger partial charge in [0.25, 0.3) is 0 Å². The molecule has 1 aliphatic rings. The van der Waals surface area contributed by atoms with Gasteiger partial charge in [-0.2, -0.15) is 0 Å². The van der Waals surface area contributed by atoms with Crippen LogP contribution in [0.15, 0.2) is 29.6 Å². The molecule has 0 aliphatic carbocycles. The largest absolute Gasteiger partial charge is 0.497 e. The highest BCUT2D eigenvalue weighted by Gasteiger charge is 2.27. The van der Waals surface area contributed by atoms with E-state index in [0.29, 0.717) is 0 Å². The Morgan fingerprint density at radius 1 is 1.29 bits per heavy atom. The van der Waals surface area contributed by atoms with E-state index in [-0.39, 0.29) is 6.04 Å². The van der Waals surface area contributed by atoms with Gasteiger partial charge in [0, 0.05) is 28.0 Å². The molecular formula is C17H18N2OS. The summed E-state index contributed by atoms with van der Waals surface area (Å²) in [6, 6.07) is 8.76. The molecular weight excluding hydrogens is 280 g/mol. The van der Waals surface area contributed by atoms with E-state index < -0.39 is 0 Å². The van der Waals surface area contributed by atoms with E-state index in [4.69, 9.17) is 4.74 Å². The van der Waals surface area contributed by atoms with E-state index in [2.05, 4.69) is 40.8 Å². The van der Waals surface area contributed by atoms with Crippen LogP contribution in [0.5, 0.6) is 5.75 Å². The molecule has 4 rings (SSSR count). The Morgan fingerprint density at radius 2 is 2.19 bits per heavy atom. The number of aryl methyl sites for hydroxylation is 1. The van der Waals surface area contributed by atoms with Gasteiger partial charge in [0.05, 0.1) is 13.2 Å². The predicted molar refractivity (Wildman–Crippen MR) is 87.5 cm³/mol. The van der Waals surface area contributed by atoms with Crippen molar-refractivity contribution in [2.75, 3.05) is 13.7 Å². The minimum atomic E-state index is 0.284. The van der Waals surface area contributed by atoms with Crippen LogP contribution < -0.4 is 10.1 Å². The number of hydrogen-bond acceptors (Lipinski definition) is 3. The maximum Gasteiger partial charge on any atom is 0.119 e. The van der Waals surface area contributed by atoms with Crippen molar-refractivity contribution in [1.29, 1.82) is 0 Å². The first-order valence-corrected chi connectivity index (χ1v) is 8.12. The van der Waals surface area contributed by atoms with E-state index in [9.17, 15) is 0 Å². The van der Waals surface area contributed by atoms with Crippen molar-refractivity contribution in [1.82, 2.24) is 10.3 Å². The highest BCUT2D eigenvalue weighted by atomic mass is 32.1. The number of methoxy groups -OCH3 is 1. The zero-order valence-electron chi connectivity index (χ0n) is 12.2. The monoisotopic (exact) mass is 298 g/mol. The Labute approximate surface area is 128 Å². The molecule has 2 N–H and O–H groups in total. The van der Waals surface area contributed by atoms with Crippen LogP contribution in [-0.2, 0) is 6.42 Å². The second-order valence-electron chi connectivity index (χ2n) is 5.53. The molecule has 3 heterocycles. The molecule has 108 valence electrons. The lowest BCUT2D eigenvalue weighted by molar-refractivity contribution is 0.415. The van der Waals surface area contributed by atoms with Crippen LogP contribution in [-0.4, -0.2) is 18.6 Å². The van der Waals surface area contributed by atoms with Crippen LogP contribution in [0.3, 0.4) is 0 Å². The van der Waals surface area contributed by atoms with Crippen molar-refractivity contribution in [3.05, 3.63) is 51.3 Å². The highest BCUT2D eigenvalue weighted by molar-refractivity contribution is 7.10. The standard InChI is InChI=1S/C17H18N2OS/c1-10-6-8-21-17(10)16-15-12(5-7-18-16)13-9-11(20-2)3-4-14(13)19-15/h3-4,6,8-9,16,18-19H,5,7H2,1-2H3. The first-order chi connectivity index (χ1) is 10.3. The molecule has 3 aromatic rings. The number of ether oxygens (including phenoxy) is 1. The molecule has 1 aliphatic heterocycles. The van der Waals surface area contributed by atoms with Crippen LogP contribution in [0.2, 0.25) is 0 Å². The zero-order valence-corrected chi connectivity index (χ0v) is 13.0. The van der Waals surface area contributed by atoms with E-state index in [0.717, 1.165) is 18.7 Å². The highest BCUT2D eigenvalue weighted by Crippen LogP contribution is 2.37. The van der Waals surface area contributed by atoms with E-state index in [1.807, 2.05) is 17.4 Å². The molecule has 0 fully saturated rings. The fourth-order valence-electron chi connectivity index (χ4n) is 3.24. The number of hydrogen-bond donors (Lipinski definition) is 2. The number of aromatic nitrogens is 1. The van der Waals surface area contributed by atoms with Crippen molar-refractivity contribution >= 4 is 22.2 Å². The molecule has 1 aromatic carbocycles. The lowest BCUT2D eigenvalue weighted by Gasteiger charge is -2.24. The quantitative estimate of drug-likeness (QED) is 0.755. The molecule has 1 atom stereocenters. The number of benzene rings is 1. The number of rotatable bonds is 2. The summed E-state index contributed by atoms with van der Waals surface area (Å²) < 4.78 is 5.37. The summed E-state index contributed by atoms with van der Waals surface area (Å²) in [5.74, 6) is 0.923. The van der Waals surface area contributed by atoms with Gasteiger partial charge in [0.15, 0.2) is 0 Å². The normalized spacial score (nSPS) is 17.9. The summed E-state index contributed by atoms with van der Waals surface area (Å²) in [7, 11) is 1.72. The third kappa shape index (κ3) is 1.98. The summed E-state index contributed by atoms with van der Waals surface area (Å²) in [6.45, 7) is 3.20. The van der Waals surface area contributed by atoms with Gasteiger partial charge < -0.3 is 15.0 Å². The Hall–Kier alpha value is -1.78. The van der Waals surface area contributed by atoms with Crippen molar-refractivity contribution in [2.45, 2.75) is 19.4 Å². The molecule has 0 radical (unpaired) electrons. The van der Waals surface area contributed by atoms with Gasteiger partial charge in [-0.3, -0.25) is 0 Å². The van der Waals surface area contributed by atoms with E-state index >= 15 is 0 Å². The van der Waals surface area contributed by atoms with Crippen molar-refractivity contribution in [3.8, 4) is 5.75 Å². The Balaban J connectivity index is 1.90. The molecule has 0 bridgehead atoms. The number of H-pyrrole nitrogens is 1. The van der Waals surface area contributed by atoms with E-state index in [1.165, 1.54) is 32.6 Å². The average Bonchev–Trinajstić information content (AvgIpc) is 3.09. The summed E-state index contributed by atoms with van der Waals surface area (Å²) in [6.07, 6.45) is 1.06. The van der Waals surface area contributed by atoms with Crippen molar-refractivity contribution in [2.24, 2.45) is 0 Å². The minimum absolute atomic E-state index is 0.284. The third-order valence-electron chi connectivity index (χ3n) is 4.32. The summed E-state index contributed by atoms with van der Waals surface area (Å²) in [5.41, 5.74) is 5.31. The maximum absolute atomic E-state index is 5.37.